The highest BCUT2D eigenvalue weighted by atomic mass is 16.3. The van der Waals surface area contributed by atoms with E-state index in [-0.39, 0.29) is 5.56 Å². The Bertz CT molecular complexity index is 599. The van der Waals surface area contributed by atoms with Crippen LogP contribution in [-0.4, -0.2) is 20.7 Å². The summed E-state index contributed by atoms with van der Waals surface area (Å²) in [7, 11) is 0. The molecule has 2 aromatic rings. The van der Waals surface area contributed by atoms with Crippen LogP contribution in [0.5, 0.6) is 0 Å². The maximum atomic E-state index is 11.0. The zero-order chi connectivity index (χ0) is 11.2. The quantitative estimate of drug-likeness (QED) is 0.786. The molecule has 82 valence electrons. The van der Waals surface area contributed by atoms with E-state index in [4.69, 9.17) is 0 Å². The van der Waals surface area contributed by atoms with Crippen molar-refractivity contribution in [3.05, 3.63) is 40.3 Å². The minimum atomic E-state index is -0.490. The molecule has 0 aliphatic heterocycles. The standard InChI is InChI=1S/C12H12N2O2/c15-11-7-13-10-5-8(1-2-9(10)14-11)6-12(16)3-4-12/h1-2,5,7,16H,3-4,6H2,(H,14,15). The number of rotatable bonds is 2. The molecule has 0 amide bonds. The predicted octanol–water partition coefficient (Wildman–Crippen LogP) is 0.990. The predicted molar refractivity (Wildman–Crippen MR) is 60.3 cm³/mol. The Morgan fingerprint density at radius 2 is 2.25 bits per heavy atom. The summed E-state index contributed by atoms with van der Waals surface area (Å²) < 4.78 is 0. The molecule has 1 saturated carbocycles. The molecule has 16 heavy (non-hydrogen) atoms. The molecule has 2 N–H and O–H groups in total. The normalized spacial score (nSPS) is 17.6. The number of aromatic nitrogens is 2. The van der Waals surface area contributed by atoms with Crippen LogP contribution in [0.25, 0.3) is 11.0 Å². The summed E-state index contributed by atoms with van der Waals surface area (Å²) in [6, 6.07) is 5.68. The van der Waals surface area contributed by atoms with Crippen molar-refractivity contribution in [1.29, 1.82) is 0 Å². The number of hydrogen-bond donors (Lipinski definition) is 2. The first-order valence-corrected chi connectivity index (χ1v) is 5.35. The van der Waals surface area contributed by atoms with E-state index < -0.39 is 5.60 Å². The summed E-state index contributed by atoms with van der Waals surface area (Å²) in [5, 5.41) is 9.82. The van der Waals surface area contributed by atoms with Crippen molar-refractivity contribution in [2.24, 2.45) is 0 Å². The lowest BCUT2D eigenvalue weighted by molar-refractivity contribution is 0.151. The van der Waals surface area contributed by atoms with Gasteiger partial charge in [-0.2, -0.15) is 0 Å². The van der Waals surface area contributed by atoms with Crippen LogP contribution in [-0.2, 0) is 6.42 Å². The molecular formula is C12H12N2O2. The fourth-order valence-electron chi connectivity index (χ4n) is 1.89. The third-order valence-corrected chi connectivity index (χ3v) is 3.00. The summed E-state index contributed by atoms with van der Waals surface area (Å²) in [6.45, 7) is 0. The maximum Gasteiger partial charge on any atom is 0.266 e. The number of nitrogens with one attached hydrogen (secondary N) is 1. The van der Waals surface area contributed by atoms with Gasteiger partial charge in [-0.3, -0.25) is 4.79 Å². The Balaban J connectivity index is 2.02. The lowest BCUT2D eigenvalue weighted by Gasteiger charge is -2.07. The Labute approximate surface area is 92.0 Å². The molecule has 0 atom stereocenters. The molecule has 1 aliphatic rings. The molecule has 0 radical (unpaired) electrons. The average Bonchev–Trinajstić information content (AvgIpc) is 2.96. The molecule has 1 aromatic carbocycles. The number of fused-ring (bicyclic) bond motifs is 1. The van der Waals surface area contributed by atoms with E-state index >= 15 is 0 Å². The zero-order valence-corrected chi connectivity index (χ0v) is 8.73. The van der Waals surface area contributed by atoms with Gasteiger partial charge in [-0.25, -0.2) is 4.98 Å². The molecule has 1 aromatic heterocycles. The number of benzene rings is 1. The maximum absolute atomic E-state index is 11.0. The van der Waals surface area contributed by atoms with Crippen LogP contribution < -0.4 is 5.56 Å². The Hall–Kier alpha value is -1.68. The molecule has 0 bridgehead atoms. The fraction of sp³-hybridized carbons (Fsp3) is 0.333. The van der Waals surface area contributed by atoms with Gasteiger partial charge in [0.1, 0.15) is 0 Å². The number of aliphatic hydroxyl groups is 1. The van der Waals surface area contributed by atoms with Gasteiger partial charge in [0.15, 0.2) is 0 Å². The second-order valence-corrected chi connectivity index (χ2v) is 4.50. The minimum Gasteiger partial charge on any atom is -0.390 e. The Morgan fingerprint density at radius 3 is 3.00 bits per heavy atom. The lowest BCUT2D eigenvalue weighted by Crippen LogP contribution is -2.11. The first kappa shape index (κ1) is 9.54. The van der Waals surface area contributed by atoms with E-state index in [0.29, 0.717) is 6.42 Å². The van der Waals surface area contributed by atoms with Gasteiger partial charge in [-0.05, 0) is 30.5 Å². The summed E-state index contributed by atoms with van der Waals surface area (Å²) in [5.41, 5.74) is 1.88. The van der Waals surface area contributed by atoms with E-state index in [1.54, 1.807) is 0 Å². The topological polar surface area (TPSA) is 66.0 Å². The Morgan fingerprint density at radius 1 is 1.44 bits per heavy atom. The molecule has 1 heterocycles. The smallest absolute Gasteiger partial charge is 0.266 e. The van der Waals surface area contributed by atoms with E-state index in [1.807, 2.05) is 18.2 Å². The van der Waals surface area contributed by atoms with E-state index in [0.717, 1.165) is 29.4 Å². The van der Waals surface area contributed by atoms with Crippen molar-refractivity contribution < 1.29 is 5.11 Å². The van der Waals surface area contributed by atoms with E-state index in [2.05, 4.69) is 9.97 Å². The van der Waals surface area contributed by atoms with Crippen molar-refractivity contribution in [3.8, 4) is 0 Å². The molecule has 0 spiro atoms. The molecule has 3 rings (SSSR count). The molecule has 4 nitrogen and oxygen atoms in total. The van der Waals surface area contributed by atoms with Gasteiger partial charge in [-0.15, -0.1) is 0 Å². The monoisotopic (exact) mass is 216 g/mol. The number of aromatic amines is 1. The van der Waals surface area contributed by atoms with Crippen molar-refractivity contribution >= 4 is 11.0 Å². The molecule has 0 saturated heterocycles. The van der Waals surface area contributed by atoms with E-state index in [9.17, 15) is 9.90 Å². The first-order valence-electron chi connectivity index (χ1n) is 5.35. The van der Waals surface area contributed by atoms with Crippen LogP contribution in [0.15, 0.2) is 29.2 Å². The highest BCUT2D eigenvalue weighted by molar-refractivity contribution is 5.74. The van der Waals surface area contributed by atoms with Crippen molar-refractivity contribution in [2.75, 3.05) is 0 Å². The lowest BCUT2D eigenvalue weighted by atomic mass is 10.1. The average molecular weight is 216 g/mol. The third kappa shape index (κ3) is 1.72. The summed E-state index contributed by atoms with van der Waals surface area (Å²) in [4.78, 5) is 17.8. The summed E-state index contributed by atoms with van der Waals surface area (Å²) >= 11 is 0. The SMILES string of the molecule is O=c1cnc2cc(CC3(O)CC3)ccc2[nH]1. The second kappa shape index (κ2) is 3.15. The van der Waals surface area contributed by atoms with Crippen LogP contribution in [0, 0.1) is 0 Å². The van der Waals surface area contributed by atoms with Crippen molar-refractivity contribution in [3.63, 3.8) is 0 Å². The minimum absolute atomic E-state index is 0.193. The van der Waals surface area contributed by atoms with Gasteiger partial charge in [0, 0.05) is 6.42 Å². The summed E-state index contributed by atoms with van der Waals surface area (Å²) in [5.74, 6) is 0. The van der Waals surface area contributed by atoms with Gasteiger partial charge in [-0.1, -0.05) is 6.07 Å². The molecular weight excluding hydrogens is 204 g/mol. The number of hydrogen-bond acceptors (Lipinski definition) is 3. The largest absolute Gasteiger partial charge is 0.390 e. The zero-order valence-electron chi connectivity index (χ0n) is 8.73. The highest BCUT2D eigenvalue weighted by Gasteiger charge is 2.40. The fourth-order valence-corrected chi connectivity index (χ4v) is 1.89. The Kier molecular flexibility index (Phi) is 1.88. The van der Waals surface area contributed by atoms with Crippen molar-refractivity contribution in [2.45, 2.75) is 24.9 Å². The second-order valence-electron chi connectivity index (χ2n) is 4.50. The van der Waals surface area contributed by atoms with Gasteiger partial charge in [0.05, 0.1) is 22.8 Å². The summed E-state index contributed by atoms with van der Waals surface area (Å²) in [6.07, 6.45) is 3.70. The van der Waals surface area contributed by atoms with Gasteiger partial charge in [0.2, 0.25) is 0 Å². The highest BCUT2D eigenvalue weighted by Crippen LogP contribution is 2.38. The van der Waals surface area contributed by atoms with E-state index in [1.165, 1.54) is 6.20 Å². The van der Waals surface area contributed by atoms with Crippen LogP contribution in [0.1, 0.15) is 18.4 Å². The first-order chi connectivity index (χ1) is 7.65. The van der Waals surface area contributed by atoms with Crippen LogP contribution >= 0.6 is 0 Å². The molecule has 0 unspecified atom stereocenters. The number of H-pyrrole nitrogens is 1. The van der Waals surface area contributed by atoms with Gasteiger partial charge >= 0.3 is 0 Å². The molecule has 1 fully saturated rings. The van der Waals surface area contributed by atoms with Crippen LogP contribution in [0.3, 0.4) is 0 Å². The van der Waals surface area contributed by atoms with Crippen molar-refractivity contribution in [1.82, 2.24) is 9.97 Å². The molecule has 4 heteroatoms. The van der Waals surface area contributed by atoms with Gasteiger partial charge in [0.25, 0.3) is 5.56 Å². The van der Waals surface area contributed by atoms with Crippen LogP contribution in [0.2, 0.25) is 0 Å². The third-order valence-electron chi connectivity index (χ3n) is 3.00. The molecule has 1 aliphatic carbocycles. The van der Waals surface area contributed by atoms with Gasteiger partial charge < -0.3 is 10.1 Å². The van der Waals surface area contributed by atoms with Crippen LogP contribution in [0.4, 0.5) is 0 Å². The number of nitrogens with zero attached hydrogens (tertiary/aromatic N) is 1.